The van der Waals surface area contributed by atoms with E-state index in [-0.39, 0.29) is 6.03 Å². The van der Waals surface area contributed by atoms with Gasteiger partial charge in [-0.05, 0) is 13.3 Å². The van der Waals surface area contributed by atoms with Crippen molar-refractivity contribution < 1.29 is 9.53 Å². The third-order valence-electron chi connectivity index (χ3n) is 2.32. The highest BCUT2D eigenvalue weighted by Gasteiger charge is 2.16. The number of ether oxygens (including phenoxy) is 1. The van der Waals surface area contributed by atoms with Gasteiger partial charge in [0.25, 0.3) is 0 Å². The number of aryl methyl sites for hydroxylation is 1. The van der Waals surface area contributed by atoms with E-state index in [0.29, 0.717) is 17.6 Å². The van der Waals surface area contributed by atoms with Gasteiger partial charge < -0.3 is 10.1 Å². The second kappa shape index (κ2) is 5.22. The molecule has 2 N–H and O–H groups in total. The van der Waals surface area contributed by atoms with Crippen LogP contribution < -0.4 is 10.6 Å². The van der Waals surface area contributed by atoms with Gasteiger partial charge in [0.05, 0.1) is 6.61 Å². The Hall–Kier alpha value is -1.21. The second-order valence-electron chi connectivity index (χ2n) is 3.69. The fourth-order valence-corrected chi connectivity index (χ4v) is 2.06. The van der Waals surface area contributed by atoms with Crippen molar-refractivity contribution >= 4 is 22.5 Å². The lowest BCUT2D eigenvalue weighted by atomic mass is 10.1. The summed E-state index contributed by atoms with van der Waals surface area (Å²) in [5.74, 6) is 0.432. The Morgan fingerprint density at radius 3 is 3.12 bits per heavy atom. The van der Waals surface area contributed by atoms with E-state index in [2.05, 4.69) is 20.8 Å². The second-order valence-corrected chi connectivity index (χ2v) is 4.87. The lowest BCUT2D eigenvalue weighted by Gasteiger charge is -2.08. The zero-order chi connectivity index (χ0) is 11.4. The number of rotatable bonds is 3. The lowest BCUT2D eigenvalue weighted by molar-refractivity contribution is 0.185. The van der Waals surface area contributed by atoms with Gasteiger partial charge >= 0.3 is 6.03 Å². The minimum absolute atomic E-state index is 0.233. The van der Waals surface area contributed by atoms with Crippen LogP contribution in [-0.4, -0.2) is 36.0 Å². The molecule has 1 aliphatic heterocycles. The van der Waals surface area contributed by atoms with Crippen molar-refractivity contribution in [3.8, 4) is 0 Å². The summed E-state index contributed by atoms with van der Waals surface area (Å²) < 4.78 is 5.22. The number of hydrogen-bond donors (Lipinski definition) is 2. The molecule has 1 aliphatic rings. The maximum atomic E-state index is 11.5. The summed E-state index contributed by atoms with van der Waals surface area (Å²) in [7, 11) is 0. The molecule has 2 amide bonds. The first-order chi connectivity index (χ1) is 7.74. The lowest BCUT2D eigenvalue weighted by Crippen LogP contribution is -2.33. The molecule has 2 heterocycles. The Labute approximate surface area is 97.4 Å². The molecule has 1 unspecified atom stereocenters. The Morgan fingerprint density at radius 1 is 1.62 bits per heavy atom. The Morgan fingerprint density at radius 2 is 2.50 bits per heavy atom. The highest BCUT2D eigenvalue weighted by molar-refractivity contribution is 7.15. The fourth-order valence-electron chi connectivity index (χ4n) is 1.47. The maximum absolute atomic E-state index is 11.5. The molecular weight excluding hydrogens is 228 g/mol. The number of hydrogen-bond acceptors (Lipinski definition) is 5. The molecule has 16 heavy (non-hydrogen) atoms. The average Bonchev–Trinajstić information content (AvgIpc) is 2.87. The normalized spacial score (nSPS) is 19.7. The highest BCUT2D eigenvalue weighted by atomic mass is 32.1. The van der Waals surface area contributed by atoms with Crippen LogP contribution in [0.5, 0.6) is 0 Å². The van der Waals surface area contributed by atoms with E-state index in [1.54, 1.807) is 0 Å². The zero-order valence-electron chi connectivity index (χ0n) is 9.02. The zero-order valence-corrected chi connectivity index (χ0v) is 9.84. The van der Waals surface area contributed by atoms with Crippen LogP contribution in [0.15, 0.2) is 0 Å². The molecule has 0 aromatic carbocycles. The summed E-state index contributed by atoms with van der Waals surface area (Å²) in [6, 6.07) is -0.233. The molecule has 7 heteroatoms. The van der Waals surface area contributed by atoms with Crippen LogP contribution in [0.1, 0.15) is 11.4 Å². The van der Waals surface area contributed by atoms with Crippen LogP contribution in [0.25, 0.3) is 0 Å². The third-order valence-corrected chi connectivity index (χ3v) is 3.08. The minimum Gasteiger partial charge on any atom is -0.381 e. The number of amides is 2. The van der Waals surface area contributed by atoms with Crippen LogP contribution in [0.2, 0.25) is 0 Å². The molecule has 1 saturated heterocycles. The summed E-state index contributed by atoms with van der Waals surface area (Å²) in [6.07, 6.45) is 1.01. The predicted octanol–water partition coefficient (Wildman–Crippen LogP) is 1.00. The average molecular weight is 242 g/mol. The monoisotopic (exact) mass is 242 g/mol. The molecule has 88 valence electrons. The van der Waals surface area contributed by atoms with Crippen molar-refractivity contribution in [2.75, 3.05) is 25.1 Å². The van der Waals surface area contributed by atoms with Gasteiger partial charge in [-0.15, -0.1) is 10.2 Å². The fraction of sp³-hybridized carbons (Fsp3) is 0.667. The number of anilines is 1. The molecule has 0 saturated carbocycles. The van der Waals surface area contributed by atoms with Gasteiger partial charge in [0.15, 0.2) is 0 Å². The first kappa shape index (κ1) is 11.3. The molecule has 1 atom stereocenters. The first-order valence-corrected chi connectivity index (χ1v) is 5.98. The van der Waals surface area contributed by atoms with Crippen LogP contribution in [0, 0.1) is 12.8 Å². The van der Waals surface area contributed by atoms with Gasteiger partial charge in [0.2, 0.25) is 5.13 Å². The van der Waals surface area contributed by atoms with Gasteiger partial charge in [-0.1, -0.05) is 11.3 Å². The van der Waals surface area contributed by atoms with Crippen molar-refractivity contribution in [3.63, 3.8) is 0 Å². The highest BCUT2D eigenvalue weighted by Crippen LogP contribution is 2.13. The van der Waals surface area contributed by atoms with Crippen molar-refractivity contribution in [3.05, 3.63) is 5.01 Å². The van der Waals surface area contributed by atoms with Gasteiger partial charge in [-0.25, -0.2) is 4.79 Å². The third kappa shape index (κ3) is 3.14. The summed E-state index contributed by atoms with van der Waals surface area (Å²) in [6.45, 7) is 4.02. The Balaban J connectivity index is 1.71. The smallest absolute Gasteiger partial charge is 0.321 e. The molecule has 2 rings (SSSR count). The summed E-state index contributed by atoms with van der Waals surface area (Å²) in [5, 5.41) is 14.4. The van der Waals surface area contributed by atoms with Crippen molar-refractivity contribution in [2.45, 2.75) is 13.3 Å². The van der Waals surface area contributed by atoms with Crippen LogP contribution >= 0.6 is 11.3 Å². The van der Waals surface area contributed by atoms with Crippen LogP contribution in [0.4, 0.5) is 9.93 Å². The van der Waals surface area contributed by atoms with E-state index in [1.165, 1.54) is 11.3 Å². The predicted molar refractivity (Wildman–Crippen MR) is 60.6 cm³/mol. The van der Waals surface area contributed by atoms with E-state index in [9.17, 15) is 4.79 Å². The number of nitrogens with one attached hydrogen (secondary N) is 2. The van der Waals surface area contributed by atoms with Crippen molar-refractivity contribution in [1.82, 2.24) is 15.5 Å². The van der Waals surface area contributed by atoms with Crippen molar-refractivity contribution in [1.29, 1.82) is 0 Å². The number of carbonyl (C=O) groups is 1. The summed E-state index contributed by atoms with van der Waals surface area (Å²) in [4.78, 5) is 11.5. The molecule has 0 bridgehead atoms. The number of urea groups is 1. The first-order valence-electron chi connectivity index (χ1n) is 5.17. The number of nitrogens with zero attached hydrogens (tertiary/aromatic N) is 2. The van der Waals surface area contributed by atoms with Crippen LogP contribution in [-0.2, 0) is 4.74 Å². The minimum atomic E-state index is -0.233. The van der Waals surface area contributed by atoms with Crippen LogP contribution in [0.3, 0.4) is 0 Å². The molecule has 0 radical (unpaired) electrons. The number of aromatic nitrogens is 2. The molecular formula is C9H14N4O2S. The van der Waals surface area contributed by atoms with Crippen molar-refractivity contribution in [2.24, 2.45) is 5.92 Å². The Bertz CT molecular complexity index is 362. The van der Waals surface area contributed by atoms with E-state index < -0.39 is 0 Å². The largest absolute Gasteiger partial charge is 0.381 e. The topological polar surface area (TPSA) is 76.1 Å². The number of carbonyl (C=O) groups excluding carboxylic acids is 1. The molecule has 1 fully saturated rings. The van der Waals surface area contributed by atoms with Gasteiger partial charge in [-0.3, -0.25) is 5.32 Å². The van der Waals surface area contributed by atoms with Gasteiger partial charge in [0.1, 0.15) is 5.01 Å². The quantitative estimate of drug-likeness (QED) is 0.829. The van der Waals surface area contributed by atoms with E-state index in [0.717, 1.165) is 24.6 Å². The standard InChI is InChI=1S/C9H14N4O2S/c1-6-12-13-9(16-6)11-8(14)10-4-7-2-3-15-5-7/h7H,2-5H2,1H3,(H2,10,11,13,14). The molecule has 0 aliphatic carbocycles. The molecule has 0 spiro atoms. The van der Waals surface area contributed by atoms with E-state index in [4.69, 9.17) is 4.74 Å². The molecule has 6 nitrogen and oxygen atoms in total. The maximum Gasteiger partial charge on any atom is 0.321 e. The molecule has 1 aromatic rings. The Kier molecular flexibility index (Phi) is 3.68. The van der Waals surface area contributed by atoms with E-state index >= 15 is 0 Å². The molecule has 1 aromatic heterocycles. The summed E-state index contributed by atoms with van der Waals surface area (Å²) in [5.41, 5.74) is 0. The SMILES string of the molecule is Cc1nnc(NC(=O)NCC2CCOC2)s1. The van der Waals surface area contributed by atoms with E-state index in [1.807, 2.05) is 6.92 Å². The van der Waals surface area contributed by atoms with Gasteiger partial charge in [-0.2, -0.15) is 0 Å². The summed E-state index contributed by atoms with van der Waals surface area (Å²) >= 11 is 1.36. The van der Waals surface area contributed by atoms with Gasteiger partial charge in [0, 0.05) is 19.1 Å².